The van der Waals surface area contributed by atoms with Crippen LogP contribution in [0.2, 0.25) is 0 Å². The van der Waals surface area contributed by atoms with E-state index in [4.69, 9.17) is 0 Å². The average molecular weight is 393 g/mol. The van der Waals surface area contributed by atoms with Gasteiger partial charge in [0.15, 0.2) is 5.75 Å². The molecule has 0 aliphatic carbocycles. The Morgan fingerprint density at radius 1 is 1.19 bits per heavy atom. The number of halogens is 3. The van der Waals surface area contributed by atoms with Gasteiger partial charge in [-0.25, -0.2) is 0 Å². The van der Waals surface area contributed by atoms with Crippen molar-refractivity contribution in [3.8, 4) is 5.75 Å². The Morgan fingerprint density at radius 2 is 1.81 bits per heavy atom. The zero-order chi connectivity index (χ0) is 20.0. The number of carbonyl (C=O) groups excluding carboxylic acids is 1. The Bertz CT molecular complexity index is 745. The Balaban J connectivity index is 2.95. The number of anilines is 1. The minimum Gasteiger partial charge on any atom is -0.374 e. The summed E-state index contributed by atoms with van der Waals surface area (Å²) in [5, 5.41) is 0. The Hall–Kier alpha value is -2.03. The summed E-state index contributed by atoms with van der Waals surface area (Å²) in [5.74, 6) is -1.10. The molecule has 0 aromatic heterocycles. The largest absolute Gasteiger partial charge is 0.534 e. The molecule has 5 nitrogen and oxygen atoms in total. The van der Waals surface area contributed by atoms with Gasteiger partial charge in [0.1, 0.15) is 0 Å². The first-order chi connectivity index (χ1) is 12.0. The number of nitrogens with zero attached hydrogens (tertiary/aromatic N) is 1. The van der Waals surface area contributed by atoms with Crippen molar-refractivity contribution in [1.82, 2.24) is 0 Å². The summed E-state index contributed by atoms with van der Waals surface area (Å²) in [6.07, 6.45) is 4.23. The standard InChI is InChI=1S/C17H22F3NO4S/c1-4-5-6-7-10-13(2)16(22)21(3)14-11-8-9-12-15(14)25-26(23,24)17(18,19)20/h8-9,11-12H,2,4-7,10H2,1,3H3. The van der Waals surface area contributed by atoms with Crippen LogP contribution in [0.25, 0.3) is 0 Å². The van der Waals surface area contributed by atoms with Crippen molar-refractivity contribution in [1.29, 1.82) is 0 Å². The number of hydrogen-bond donors (Lipinski definition) is 0. The summed E-state index contributed by atoms with van der Waals surface area (Å²) in [4.78, 5) is 13.5. The molecule has 9 heteroatoms. The predicted octanol–water partition coefficient (Wildman–Crippen LogP) is 4.40. The molecule has 1 aromatic carbocycles. The molecule has 0 aliphatic rings. The van der Waals surface area contributed by atoms with Gasteiger partial charge in [0.05, 0.1) is 5.69 Å². The molecule has 0 heterocycles. The molecule has 0 saturated carbocycles. The summed E-state index contributed by atoms with van der Waals surface area (Å²) in [5.41, 5.74) is -5.37. The molecular formula is C17H22F3NO4S. The van der Waals surface area contributed by atoms with E-state index in [0.29, 0.717) is 6.42 Å². The lowest BCUT2D eigenvalue weighted by molar-refractivity contribution is -0.115. The molecule has 0 spiro atoms. The Morgan fingerprint density at radius 3 is 2.38 bits per heavy atom. The lowest BCUT2D eigenvalue weighted by Crippen LogP contribution is -2.31. The van der Waals surface area contributed by atoms with E-state index in [9.17, 15) is 26.4 Å². The average Bonchev–Trinajstić information content (AvgIpc) is 2.56. The third-order valence-corrected chi connectivity index (χ3v) is 4.61. The molecule has 1 aromatic rings. The number of unbranched alkanes of at least 4 members (excludes halogenated alkanes) is 3. The Labute approximate surface area is 151 Å². The molecule has 0 fully saturated rings. The van der Waals surface area contributed by atoms with E-state index < -0.39 is 27.3 Å². The number of alkyl halides is 3. The second kappa shape index (κ2) is 9.07. The predicted molar refractivity (Wildman–Crippen MR) is 93.4 cm³/mol. The molecule has 1 amide bonds. The minimum atomic E-state index is -5.83. The third-order valence-electron chi connectivity index (χ3n) is 3.65. The summed E-state index contributed by atoms with van der Waals surface area (Å²) >= 11 is 0. The SMILES string of the molecule is C=C(CCCCCC)C(=O)N(C)c1ccccc1OS(=O)(=O)C(F)(F)F. The zero-order valence-corrected chi connectivity index (χ0v) is 15.5. The van der Waals surface area contributed by atoms with Crippen molar-refractivity contribution in [2.24, 2.45) is 0 Å². The van der Waals surface area contributed by atoms with Crippen LogP contribution in [0.4, 0.5) is 18.9 Å². The van der Waals surface area contributed by atoms with Gasteiger partial charge < -0.3 is 9.08 Å². The molecule has 0 saturated heterocycles. The van der Waals surface area contributed by atoms with Gasteiger partial charge in [-0.15, -0.1) is 0 Å². The fourth-order valence-corrected chi connectivity index (χ4v) is 2.66. The summed E-state index contributed by atoms with van der Waals surface area (Å²) < 4.78 is 64.3. The number of hydrogen-bond acceptors (Lipinski definition) is 4. The van der Waals surface area contributed by atoms with E-state index >= 15 is 0 Å². The van der Waals surface area contributed by atoms with Crippen LogP contribution in [0.3, 0.4) is 0 Å². The second-order valence-corrected chi connectivity index (χ2v) is 7.27. The maximum atomic E-state index is 12.5. The van der Waals surface area contributed by atoms with Crippen LogP contribution < -0.4 is 9.08 Å². The van der Waals surface area contributed by atoms with Crippen LogP contribution >= 0.6 is 0 Å². The van der Waals surface area contributed by atoms with Gasteiger partial charge in [-0.2, -0.15) is 21.6 Å². The highest BCUT2D eigenvalue weighted by atomic mass is 32.2. The van der Waals surface area contributed by atoms with Crippen LogP contribution in [-0.2, 0) is 14.9 Å². The van der Waals surface area contributed by atoms with E-state index in [0.717, 1.165) is 36.6 Å². The van der Waals surface area contributed by atoms with Crippen LogP contribution in [0.5, 0.6) is 5.75 Å². The lowest BCUT2D eigenvalue weighted by Gasteiger charge is -2.21. The van der Waals surface area contributed by atoms with E-state index in [1.165, 1.54) is 25.2 Å². The number of rotatable bonds is 9. The molecule has 0 atom stereocenters. The number of para-hydroxylation sites is 2. The summed E-state index contributed by atoms with van der Waals surface area (Å²) in [6.45, 7) is 5.77. The molecule has 1 rings (SSSR count). The van der Waals surface area contributed by atoms with Crippen molar-refractivity contribution in [2.45, 2.75) is 44.5 Å². The molecule has 0 radical (unpaired) electrons. The summed E-state index contributed by atoms with van der Waals surface area (Å²) in [7, 11) is -4.51. The van der Waals surface area contributed by atoms with Gasteiger partial charge in [-0.05, 0) is 25.0 Å². The second-order valence-electron chi connectivity index (χ2n) is 5.73. The highest BCUT2D eigenvalue weighted by molar-refractivity contribution is 7.88. The topological polar surface area (TPSA) is 63.7 Å². The van der Waals surface area contributed by atoms with Crippen LogP contribution in [-0.4, -0.2) is 26.9 Å². The highest BCUT2D eigenvalue weighted by Gasteiger charge is 2.49. The molecular weight excluding hydrogens is 371 g/mol. The fourth-order valence-electron chi connectivity index (χ4n) is 2.19. The first kappa shape index (κ1) is 22.0. The monoisotopic (exact) mass is 393 g/mol. The first-order valence-corrected chi connectivity index (χ1v) is 9.47. The molecule has 26 heavy (non-hydrogen) atoms. The van der Waals surface area contributed by atoms with E-state index in [-0.39, 0.29) is 11.3 Å². The van der Waals surface area contributed by atoms with E-state index in [2.05, 4.69) is 17.7 Å². The number of amides is 1. The molecule has 0 N–H and O–H groups in total. The normalized spacial score (nSPS) is 11.9. The van der Waals surface area contributed by atoms with Crippen molar-refractivity contribution >= 4 is 21.7 Å². The molecule has 0 bridgehead atoms. The van der Waals surface area contributed by atoms with E-state index in [1.54, 1.807) is 0 Å². The van der Waals surface area contributed by atoms with Gasteiger partial charge in [0, 0.05) is 12.6 Å². The lowest BCUT2D eigenvalue weighted by atomic mass is 10.1. The Kier molecular flexibility index (Phi) is 7.68. The number of likely N-dealkylation sites (N-methyl/N-ethyl adjacent to an activating group) is 1. The van der Waals surface area contributed by atoms with Crippen molar-refractivity contribution in [3.63, 3.8) is 0 Å². The minimum absolute atomic E-state index is 0.0972. The van der Waals surface area contributed by atoms with Gasteiger partial charge in [0.25, 0.3) is 5.91 Å². The fraction of sp³-hybridized carbons (Fsp3) is 0.471. The van der Waals surface area contributed by atoms with Gasteiger partial charge >= 0.3 is 15.6 Å². The van der Waals surface area contributed by atoms with Crippen LogP contribution in [0.15, 0.2) is 36.4 Å². The maximum Gasteiger partial charge on any atom is 0.534 e. The maximum absolute atomic E-state index is 12.5. The van der Waals surface area contributed by atoms with Crippen molar-refractivity contribution < 1.29 is 30.6 Å². The zero-order valence-electron chi connectivity index (χ0n) is 14.7. The van der Waals surface area contributed by atoms with Gasteiger partial charge in [-0.1, -0.05) is 44.9 Å². The van der Waals surface area contributed by atoms with E-state index in [1.807, 2.05) is 0 Å². The van der Waals surface area contributed by atoms with Crippen LogP contribution in [0, 0.1) is 0 Å². The highest BCUT2D eigenvalue weighted by Crippen LogP contribution is 2.33. The first-order valence-electron chi connectivity index (χ1n) is 8.07. The van der Waals surface area contributed by atoms with Gasteiger partial charge in [-0.3, -0.25) is 4.79 Å². The molecule has 146 valence electrons. The smallest absolute Gasteiger partial charge is 0.374 e. The summed E-state index contributed by atoms with van der Waals surface area (Å²) in [6, 6.07) is 5.11. The van der Waals surface area contributed by atoms with Crippen molar-refractivity contribution in [3.05, 3.63) is 36.4 Å². The molecule has 0 unspecified atom stereocenters. The van der Waals surface area contributed by atoms with Crippen molar-refractivity contribution in [2.75, 3.05) is 11.9 Å². The number of carbonyl (C=O) groups is 1. The van der Waals surface area contributed by atoms with Gasteiger partial charge in [0.2, 0.25) is 0 Å². The molecule has 0 aliphatic heterocycles. The quantitative estimate of drug-likeness (QED) is 0.270. The van der Waals surface area contributed by atoms with Crippen LogP contribution in [0.1, 0.15) is 39.0 Å². The third kappa shape index (κ3) is 5.76. The number of benzene rings is 1.